The van der Waals surface area contributed by atoms with Gasteiger partial charge < -0.3 is 20.1 Å². The Labute approximate surface area is 205 Å². The number of carbonyl (C=O) groups excluding carboxylic acids is 2. The Morgan fingerprint density at radius 2 is 1.69 bits per heavy atom. The molecule has 3 unspecified atom stereocenters. The van der Waals surface area contributed by atoms with Crippen LogP contribution < -0.4 is 5.32 Å². The lowest BCUT2D eigenvalue weighted by atomic mass is 9.81. The van der Waals surface area contributed by atoms with Crippen LogP contribution in [0.2, 0.25) is 0 Å². The van der Waals surface area contributed by atoms with E-state index in [0.29, 0.717) is 6.54 Å². The number of carboxylic acid groups (broad SMARTS) is 1. The third-order valence-electron chi connectivity index (χ3n) is 8.18. The van der Waals surface area contributed by atoms with Crippen molar-refractivity contribution >= 4 is 18.0 Å². The minimum Gasteiger partial charge on any atom is -0.481 e. The van der Waals surface area contributed by atoms with Gasteiger partial charge >= 0.3 is 12.1 Å². The molecule has 3 atom stereocenters. The molecule has 1 saturated heterocycles. The lowest BCUT2D eigenvalue weighted by molar-refractivity contribution is -0.149. The molecule has 2 amide bonds. The number of benzene rings is 2. The van der Waals surface area contributed by atoms with Crippen molar-refractivity contribution in [2.75, 3.05) is 19.7 Å². The van der Waals surface area contributed by atoms with Gasteiger partial charge in [-0.25, -0.2) is 4.79 Å². The highest BCUT2D eigenvalue weighted by Crippen LogP contribution is 2.44. The number of carbonyl (C=O) groups is 3. The predicted molar refractivity (Wildman–Crippen MR) is 131 cm³/mol. The van der Waals surface area contributed by atoms with Gasteiger partial charge in [0.2, 0.25) is 5.91 Å². The van der Waals surface area contributed by atoms with Gasteiger partial charge in [0.05, 0.1) is 5.41 Å². The van der Waals surface area contributed by atoms with Crippen molar-refractivity contribution in [2.24, 2.45) is 17.3 Å². The molecule has 7 heteroatoms. The average molecular weight is 477 g/mol. The maximum atomic E-state index is 13.0. The quantitative estimate of drug-likeness (QED) is 0.622. The van der Waals surface area contributed by atoms with Crippen molar-refractivity contribution in [1.82, 2.24) is 10.2 Å². The summed E-state index contributed by atoms with van der Waals surface area (Å²) in [5.74, 6) is -0.883. The topological polar surface area (TPSA) is 95.9 Å². The number of fused-ring (bicyclic) bond motifs is 3. The number of aliphatic carboxylic acids is 1. The highest BCUT2D eigenvalue weighted by atomic mass is 16.5. The molecule has 0 spiro atoms. The van der Waals surface area contributed by atoms with E-state index in [2.05, 4.69) is 29.6 Å². The van der Waals surface area contributed by atoms with E-state index in [1.54, 1.807) is 11.8 Å². The van der Waals surface area contributed by atoms with E-state index in [4.69, 9.17) is 4.74 Å². The molecule has 1 saturated carbocycles. The van der Waals surface area contributed by atoms with Gasteiger partial charge in [0.15, 0.2) is 0 Å². The van der Waals surface area contributed by atoms with Gasteiger partial charge in [-0.1, -0.05) is 55.5 Å². The first kappa shape index (κ1) is 23.4. The van der Waals surface area contributed by atoms with Crippen molar-refractivity contribution < 1.29 is 24.2 Å². The number of hydrogen-bond donors (Lipinski definition) is 2. The summed E-state index contributed by atoms with van der Waals surface area (Å²) in [5.41, 5.74) is 3.71. The second-order valence-corrected chi connectivity index (χ2v) is 10.5. The van der Waals surface area contributed by atoms with Crippen molar-refractivity contribution in [3.63, 3.8) is 0 Å². The van der Waals surface area contributed by atoms with E-state index in [1.165, 1.54) is 11.1 Å². The van der Waals surface area contributed by atoms with Crippen LogP contribution in [-0.4, -0.2) is 53.7 Å². The highest BCUT2D eigenvalue weighted by Gasteiger charge is 2.48. The molecule has 2 N–H and O–H groups in total. The summed E-state index contributed by atoms with van der Waals surface area (Å²) in [6.45, 7) is 4.41. The Morgan fingerprint density at radius 1 is 1.09 bits per heavy atom. The van der Waals surface area contributed by atoms with Crippen LogP contribution >= 0.6 is 0 Å². The van der Waals surface area contributed by atoms with Crippen molar-refractivity contribution in [3.8, 4) is 11.1 Å². The van der Waals surface area contributed by atoms with Gasteiger partial charge in [0.1, 0.15) is 6.61 Å². The number of carboxylic acids is 1. The van der Waals surface area contributed by atoms with Gasteiger partial charge in [-0.2, -0.15) is 0 Å². The van der Waals surface area contributed by atoms with Crippen LogP contribution in [0.25, 0.3) is 11.1 Å². The van der Waals surface area contributed by atoms with E-state index in [0.717, 1.165) is 24.0 Å². The number of nitrogens with one attached hydrogen (secondary N) is 1. The van der Waals surface area contributed by atoms with Crippen molar-refractivity contribution in [2.45, 2.75) is 45.1 Å². The fourth-order valence-electron chi connectivity index (χ4n) is 5.56. The Balaban J connectivity index is 1.20. The molecule has 0 aromatic heterocycles. The molecule has 0 radical (unpaired) electrons. The van der Waals surface area contributed by atoms with E-state index in [1.807, 2.05) is 31.2 Å². The molecular formula is C28H32N2O5. The van der Waals surface area contributed by atoms with Gasteiger partial charge in [0.25, 0.3) is 0 Å². The summed E-state index contributed by atoms with van der Waals surface area (Å²) in [5, 5.41) is 12.5. The number of amides is 2. The van der Waals surface area contributed by atoms with Crippen LogP contribution in [0, 0.1) is 17.3 Å². The molecule has 5 rings (SSSR count). The zero-order chi connectivity index (χ0) is 24.7. The van der Waals surface area contributed by atoms with E-state index < -0.39 is 17.5 Å². The van der Waals surface area contributed by atoms with Crippen LogP contribution in [0.1, 0.15) is 50.2 Å². The summed E-state index contributed by atoms with van der Waals surface area (Å²) in [7, 11) is 0. The number of rotatable bonds is 7. The Bertz CT molecular complexity index is 1110. The third kappa shape index (κ3) is 4.40. The Hall–Kier alpha value is -3.35. The molecule has 35 heavy (non-hydrogen) atoms. The maximum absolute atomic E-state index is 13.0. The number of likely N-dealkylation sites (tertiary alicyclic amines) is 1. The predicted octanol–water partition coefficient (Wildman–Crippen LogP) is 4.26. The Kier molecular flexibility index (Phi) is 6.03. The molecule has 2 aromatic rings. The smallest absolute Gasteiger partial charge is 0.407 e. The number of nitrogens with zero attached hydrogens (tertiary/aromatic N) is 1. The first-order valence-electron chi connectivity index (χ1n) is 12.4. The maximum Gasteiger partial charge on any atom is 0.407 e. The van der Waals surface area contributed by atoms with Crippen molar-refractivity contribution in [1.29, 1.82) is 0 Å². The van der Waals surface area contributed by atoms with Crippen LogP contribution in [0.15, 0.2) is 48.5 Å². The largest absolute Gasteiger partial charge is 0.481 e. The summed E-state index contributed by atoms with van der Waals surface area (Å²) < 4.78 is 5.68. The molecule has 1 aliphatic heterocycles. The molecule has 2 aliphatic carbocycles. The molecule has 3 aliphatic rings. The van der Waals surface area contributed by atoms with Crippen molar-refractivity contribution in [3.05, 3.63) is 59.7 Å². The summed E-state index contributed by atoms with van der Waals surface area (Å²) in [4.78, 5) is 39.1. The lowest BCUT2D eigenvalue weighted by Gasteiger charge is -2.24. The monoisotopic (exact) mass is 476 g/mol. The minimum absolute atomic E-state index is 0.0195. The van der Waals surface area contributed by atoms with Crippen LogP contribution in [-0.2, 0) is 14.3 Å². The van der Waals surface area contributed by atoms with Crippen LogP contribution in [0.5, 0.6) is 0 Å². The lowest BCUT2D eigenvalue weighted by Crippen LogP contribution is -2.42. The summed E-state index contributed by atoms with van der Waals surface area (Å²) in [6.07, 6.45) is 1.58. The van der Waals surface area contributed by atoms with Crippen LogP contribution in [0.4, 0.5) is 4.79 Å². The number of hydrogen-bond acceptors (Lipinski definition) is 4. The molecule has 7 nitrogen and oxygen atoms in total. The molecule has 184 valence electrons. The zero-order valence-corrected chi connectivity index (χ0v) is 20.2. The van der Waals surface area contributed by atoms with E-state index in [-0.39, 0.29) is 49.3 Å². The minimum atomic E-state index is -0.940. The first-order chi connectivity index (χ1) is 16.8. The average Bonchev–Trinajstić information content (AvgIpc) is 3.58. The molecule has 2 fully saturated rings. The normalized spacial score (nSPS) is 23.9. The molecular weight excluding hydrogens is 444 g/mol. The second-order valence-electron chi connectivity index (χ2n) is 10.5. The number of alkyl carbamates (subject to hydrolysis) is 1. The summed E-state index contributed by atoms with van der Waals surface area (Å²) in [6, 6.07) is 16.1. The van der Waals surface area contributed by atoms with Gasteiger partial charge in [-0.3, -0.25) is 9.59 Å². The zero-order valence-electron chi connectivity index (χ0n) is 20.2. The second kappa shape index (κ2) is 9.02. The van der Waals surface area contributed by atoms with Gasteiger partial charge in [-0.15, -0.1) is 0 Å². The highest BCUT2D eigenvalue weighted by molar-refractivity contribution is 5.82. The third-order valence-corrected chi connectivity index (χ3v) is 8.18. The Morgan fingerprint density at radius 3 is 2.23 bits per heavy atom. The SMILES string of the molecule is CC1CN(C(=O)CC(NC(=O)OCC2c3ccccc3-c3ccccc32)C2CC2)CC1(C)C(=O)O. The van der Waals surface area contributed by atoms with Crippen LogP contribution in [0.3, 0.4) is 0 Å². The summed E-state index contributed by atoms with van der Waals surface area (Å²) >= 11 is 0. The standard InChI is InChI=1S/C28H32N2O5/c1-17-14-30(16-28(17,2)26(32)33)25(31)13-24(18-11-12-18)29-27(34)35-15-23-21-9-5-3-7-19(21)20-8-4-6-10-22(20)23/h3-10,17-18,23-24H,11-16H2,1-2H3,(H,29,34)(H,32,33). The fraction of sp³-hybridized carbons (Fsp3) is 0.464. The van der Waals surface area contributed by atoms with E-state index in [9.17, 15) is 19.5 Å². The van der Waals surface area contributed by atoms with Gasteiger partial charge in [0, 0.05) is 31.5 Å². The fourth-order valence-corrected chi connectivity index (χ4v) is 5.56. The van der Waals surface area contributed by atoms with E-state index >= 15 is 0 Å². The van der Waals surface area contributed by atoms with Gasteiger partial charge in [-0.05, 0) is 53.9 Å². The molecule has 1 heterocycles. The molecule has 0 bridgehead atoms. The first-order valence-corrected chi connectivity index (χ1v) is 12.4. The number of ether oxygens (including phenoxy) is 1. The molecule has 2 aromatic carbocycles.